The van der Waals surface area contributed by atoms with Crippen molar-refractivity contribution in [3.63, 3.8) is 0 Å². The Labute approximate surface area is 137 Å². The van der Waals surface area contributed by atoms with Crippen LogP contribution in [0.25, 0.3) is 0 Å². The molecule has 0 heterocycles. The number of Topliss-reactive ketones (excluding diaryl/α,β-unsaturated/α-hetero) is 1. The van der Waals surface area contributed by atoms with Crippen molar-refractivity contribution < 1.29 is 9.59 Å². The highest BCUT2D eigenvalue weighted by atomic mass is 16.2. The number of carbonyl (C=O) groups excluding carboxylic acids is 2. The van der Waals surface area contributed by atoms with Gasteiger partial charge >= 0.3 is 0 Å². The van der Waals surface area contributed by atoms with Crippen molar-refractivity contribution in [2.45, 2.75) is 32.7 Å². The zero-order valence-electron chi connectivity index (χ0n) is 13.7. The van der Waals surface area contributed by atoms with Gasteiger partial charge in [-0.25, -0.2) is 0 Å². The number of hydrogen-bond donors (Lipinski definition) is 1. The van der Waals surface area contributed by atoms with Gasteiger partial charge in [-0.05, 0) is 30.9 Å². The van der Waals surface area contributed by atoms with Crippen LogP contribution in [0.1, 0.15) is 25.0 Å². The Kier molecular flexibility index (Phi) is 6.10. The summed E-state index contributed by atoms with van der Waals surface area (Å²) in [5.74, 6) is -0.269. The van der Waals surface area contributed by atoms with E-state index in [1.165, 1.54) is 6.92 Å². The van der Waals surface area contributed by atoms with Crippen molar-refractivity contribution in [3.05, 3.63) is 71.8 Å². The van der Waals surface area contributed by atoms with Crippen molar-refractivity contribution in [1.29, 1.82) is 0 Å². The molecule has 0 aliphatic carbocycles. The number of hydrogen-bond acceptors (Lipinski definition) is 2. The summed E-state index contributed by atoms with van der Waals surface area (Å²) >= 11 is 0. The standard InChI is InChI=1S/C20H23NO2/c1-15(13-17-9-5-3-6-10-17)20(23)21-19(16(2)22)14-18-11-7-4-8-12-18/h3-12,15,19H,13-14H2,1-2H3,(H,21,23)/t15?,19-/m0/s1. The SMILES string of the molecule is CC(=O)[C@H](Cc1ccccc1)NC(=O)C(C)Cc1ccccc1. The van der Waals surface area contributed by atoms with E-state index >= 15 is 0 Å². The summed E-state index contributed by atoms with van der Waals surface area (Å²) in [6.45, 7) is 3.41. The highest BCUT2D eigenvalue weighted by Gasteiger charge is 2.21. The van der Waals surface area contributed by atoms with E-state index in [4.69, 9.17) is 0 Å². The van der Waals surface area contributed by atoms with Gasteiger partial charge in [-0.3, -0.25) is 9.59 Å². The van der Waals surface area contributed by atoms with E-state index in [1.807, 2.05) is 67.6 Å². The fourth-order valence-electron chi connectivity index (χ4n) is 2.52. The highest BCUT2D eigenvalue weighted by Crippen LogP contribution is 2.10. The predicted octanol–water partition coefficient (Wildman–Crippen LogP) is 3.18. The van der Waals surface area contributed by atoms with Crippen molar-refractivity contribution in [3.8, 4) is 0 Å². The monoisotopic (exact) mass is 309 g/mol. The van der Waals surface area contributed by atoms with Crippen molar-refractivity contribution in [2.24, 2.45) is 5.92 Å². The Bertz CT molecular complexity index is 637. The molecule has 2 aromatic rings. The first-order chi connectivity index (χ1) is 11.1. The van der Waals surface area contributed by atoms with Crippen LogP contribution in [0.5, 0.6) is 0 Å². The van der Waals surface area contributed by atoms with E-state index in [-0.39, 0.29) is 17.6 Å². The Morgan fingerprint density at radius 1 is 0.870 bits per heavy atom. The zero-order valence-corrected chi connectivity index (χ0v) is 13.7. The van der Waals surface area contributed by atoms with Crippen LogP contribution in [0.4, 0.5) is 0 Å². The molecule has 3 heteroatoms. The number of amides is 1. The molecule has 0 aromatic heterocycles. The lowest BCUT2D eigenvalue weighted by atomic mass is 9.98. The van der Waals surface area contributed by atoms with Crippen molar-refractivity contribution in [1.82, 2.24) is 5.32 Å². The lowest BCUT2D eigenvalue weighted by Crippen LogP contribution is -2.44. The minimum absolute atomic E-state index is 0.0193. The minimum atomic E-state index is -0.469. The molecule has 0 saturated carbocycles. The van der Waals surface area contributed by atoms with Crippen molar-refractivity contribution >= 4 is 11.7 Å². The third kappa shape index (κ3) is 5.37. The summed E-state index contributed by atoms with van der Waals surface area (Å²) in [5.41, 5.74) is 2.17. The molecule has 0 bridgehead atoms. The summed E-state index contributed by atoms with van der Waals surface area (Å²) in [5, 5.41) is 2.90. The van der Waals surface area contributed by atoms with E-state index in [1.54, 1.807) is 0 Å². The molecule has 1 amide bonds. The zero-order chi connectivity index (χ0) is 16.7. The third-order valence-electron chi connectivity index (χ3n) is 3.92. The van der Waals surface area contributed by atoms with Gasteiger partial charge in [0.2, 0.25) is 5.91 Å². The summed E-state index contributed by atoms with van der Waals surface area (Å²) in [6.07, 6.45) is 1.20. The molecule has 0 fully saturated rings. The predicted molar refractivity (Wildman–Crippen MR) is 92.1 cm³/mol. The minimum Gasteiger partial charge on any atom is -0.346 e. The second-order valence-corrected chi connectivity index (χ2v) is 5.95. The lowest BCUT2D eigenvalue weighted by molar-refractivity contribution is -0.129. The second-order valence-electron chi connectivity index (χ2n) is 5.95. The summed E-state index contributed by atoms with van der Waals surface area (Å²) < 4.78 is 0. The number of rotatable bonds is 7. The van der Waals surface area contributed by atoms with Gasteiger partial charge in [0.05, 0.1) is 6.04 Å². The molecule has 3 nitrogen and oxygen atoms in total. The molecule has 0 saturated heterocycles. The molecule has 2 atom stereocenters. The number of ketones is 1. The normalized spacial score (nSPS) is 13.1. The summed E-state index contributed by atoms with van der Waals surface area (Å²) in [6, 6.07) is 19.2. The fraction of sp³-hybridized carbons (Fsp3) is 0.300. The van der Waals surface area contributed by atoms with Gasteiger partial charge < -0.3 is 5.32 Å². The number of benzene rings is 2. The van der Waals surface area contributed by atoms with Gasteiger partial charge in [0, 0.05) is 5.92 Å². The number of nitrogens with one attached hydrogen (secondary N) is 1. The molecule has 0 radical (unpaired) electrons. The Hall–Kier alpha value is -2.42. The fourth-order valence-corrected chi connectivity index (χ4v) is 2.52. The second kappa shape index (κ2) is 8.28. The largest absolute Gasteiger partial charge is 0.346 e. The molecule has 1 N–H and O–H groups in total. The lowest BCUT2D eigenvalue weighted by Gasteiger charge is -2.19. The van der Waals surface area contributed by atoms with Crippen LogP contribution >= 0.6 is 0 Å². The van der Waals surface area contributed by atoms with Gasteiger partial charge in [0.1, 0.15) is 0 Å². The average Bonchev–Trinajstić information content (AvgIpc) is 2.56. The maximum atomic E-state index is 12.4. The Balaban J connectivity index is 1.96. The first-order valence-electron chi connectivity index (χ1n) is 7.95. The molecule has 0 aliphatic rings. The van der Waals surface area contributed by atoms with E-state index in [9.17, 15) is 9.59 Å². The number of carbonyl (C=O) groups is 2. The summed E-state index contributed by atoms with van der Waals surface area (Å²) in [7, 11) is 0. The van der Waals surface area contributed by atoms with E-state index in [0.717, 1.165) is 11.1 Å². The molecular formula is C20H23NO2. The van der Waals surface area contributed by atoms with Crippen LogP contribution in [0.2, 0.25) is 0 Å². The molecule has 120 valence electrons. The van der Waals surface area contributed by atoms with Gasteiger partial charge in [0.15, 0.2) is 5.78 Å². The maximum absolute atomic E-state index is 12.4. The first-order valence-corrected chi connectivity index (χ1v) is 7.95. The van der Waals surface area contributed by atoms with E-state index in [2.05, 4.69) is 5.32 Å². The van der Waals surface area contributed by atoms with Gasteiger partial charge in [0.25, 0.3) is 0 Å². The van der Waals surface area contributed by atoms with Gasteiger partial charge in [-0.2, -0.15) is 0 Å². The van der Waals surface area contributed by atoms with Crippen LogP contribution in [0.3, 0.4) is 0 Å². The van der Waals surface area contributed by atoms with E-state index in [0.29, 0.717) is 12.8 Å². The van der Waals surface area contributed by atoms with Crippen LogP contribution in [-0.4, -0.2) is 17.7 Å². The molecule has 1 unspecified atom stereocenters. The van der Waals surface area contributed by atoms with Crippen molar-refractivity contribution in [2.75, 3.05) is 0 Å². The highest BCUT2D eigenvalue weighted by molar-refractivity contribution is 5.88. The topological polar surface area (TPSA) is 46.2 Å². The van der Waals surface area contributed by atoms with Gasteiger partial charge in [-0.1, -0.05) is 67.6 Å². The molecule has 2 aromatic carbocycles. The quantitative estimate of drug-likeness (QED) is 0.854. The van der Waals surface area contributed by atoms with Crippen LogP contribution in [0.15, 0.2) is 60.7 Å². The Morgan fingerprint density at radius 3 is 1.83 bits per heavy atom. The van der Waals surface area contributed by atoms with Crippen LogP contribution < -0.4 is 5.32 Å². The molecule has 2 rings (SSSR count). The third-order valence-corrected chi connectivity index (χ3v) is 3.92. The maximum Gasteiger partial charge on any atom is 0.223 e. The first kappa shape index (κ1) is 16.9. The Morgan fingerprint density at radius 2 is 1.35 bits per heavy atom. The smallest absolute Gasteiger partial charge is 0.223 e. The average molecular weight is 309 g/mol. The summed E-state index contributed by atoms with van der Waals surface area (Å²) in [4.78, 5) is 24.2. The van der Waals surface area contributed by atoms with Crippen LogP contribution in [0, 0.1) is 5.92 Å². The van der Waals surface area contributed by atoms with E-state index < -0.39 is 6.04 Å². The molecule has 0 spiro atoms. The molecule has 23 heavy (non-hydrogen) atoms. The molecular weight excluding hydrogens is 286 g/mol. The molecule has 0 aliphatic heterocycles. The van der Waals surface area contributed by atoms with Crippen LogP contribution in [-0.2, 0) is 22.4 Å². The van der Waals surface area contributed by atoms with Gasteiger partial charge in [-0.15, -0.1) is 0 Å².